The van der Waals surface area contributed by atoms with Crippen LogP contribution in [0.2, 0.25) is 0 Å². The monoisotopic (exact) mass is 290 g/mol. The van der Waals surface area contributed by atoms with E-state index in [2.05, 4.69) is 43.2 Å². The number of halogens is 1. The molecule has 1 aliphatic heterocycles. The van der Waals surface area contributed by atoms with Gasteiger partial charge in [0.05, 0.1) is 3.57 Å². The summed E-state index contributed by atoms with van der Waals surface area (Å²) in [6.45, 7) is 2.12. The molecule has 0 saturated carbocycles. The van der Waals surface area contributed by atoms with Crippen molar-refractivity contribution in [3.8, 4) is 0 Å². The lowest BCUT2D eigenvalue weighted by Crippen LogP contribution is -2.23. The van der Waals surface area contributed by atoms with Gasteiger partial charge in [0.15, 0.2) is 0 Å². The van der Waals surface area contributed by atoms with Crippen LogP contribution in [0.4, 0.5) is 5.82 Å². The Morgan fingerprint density at radius 3 is 3.23 bits per heavy atom. The molecule has 0 aliphatic carbocycles. The second-order valence-electron chi connectivity index (χ2n) is 3.05. The maximum absolute atomic E-state index is 4.18. The van der Waals surface area contributed by atoms with E-state index in [0.29, 0.717) is 6.04 Å². The second kappa shape index (κ2) is 4.19. The van der Waals surface area contributed by atoms with Crippen LogP contribution in [0.5, 0.6) is 0 Å². The second-order valence-corrected chi connectivity index (χ2v) is 4.22. The molecule has 0 aromatic carbocycles. The molecular formula is C8H11IN4. The highest BCUT2D eigenvalue weighted by Crippen LogP contribution is 2.15. The van der Waals surface area contributed by atoms with E-state index in [-0.39, 0.29) is 0 Å². The Morgan fingerprint density at radius 2 is 2.54 bits per heavy atom. The predicted octanol–water partition coefficient (Wildman–Crippen LogP) is 0.855. The van der Waals surface area contributed by atoms with Crippen LogP contribution in [-0.4, -0.2) is 29.1 Å². The van der Waals surface area contributed by atoms with E-state index in [0.717, 1.165) is 22.5 Å². The fourth-order valence-electron chi connectivity index (χ4n) is 1.39. The van der Waals surface area contributed by atoms with Gasteiger partial charge in [-0.2, -0.15) is 0 Å². The summed E-state index contributed by atoms with van der Waals surface area (Å²) >= 11 is 2.24. The van der Waals surface area contributed by atoms with Crippen LogP contribution in [0.25, 0.3) is 0 Å². The van der Waals surface area contributed by atoms with Gasteiger partial charge < -0.3 is 10.6 Å². The summed E-state index contributed by atoms with van der Waals surface area (Å²) in [5.41, 5.74) is 0. The van der Waals surface area contributed by atoms with Crippen LogP contribution in [0.1, 0.15) is 6.42 Å². The van der Waals surface area contributed by atoms with Gasteiger partial charge in [-0.1, -0.05) is 0 Å². The van der Waals surface area contributed by atoms with Gasteiger partial charge in [-0.05, 0) is 35.6 Å². The van der Waals surface area contributed by atoms with Crippen LogP contribution in [0.3, 0.4) is 0 Å². The zero-order valence-electron chi connectivity index (χ0n) is 7.13. The topological polar surface area (TPSA) is 49.8 Å². The lowest BCUT2D eigenvalue weighted by atomic mass is 10.2. The lowest BCUT2D eigenvalue weighted by molar-refractivity contribution is 0.785. The molecule has 0 spiro atoms. The van der Waals surface area contributed by atoms with Gasteiger partial charge in [0.1, 0.15) is 12.1 Å². The fraction of sp³-hybridized carbons (Fsp3) is 0.500. The number of aromatic nitrogens is 2. The van der Waals surface area contributed by atoms with Gasteiger partial charge in [0, 0.05) is 18.8 Å². The first-order chi connectivity index (χ1) is 6.36. The summed E-state index contributed by atoms with van der Waals surface area (Å²) in [4.78, 5) is 8.13. The smallest absolute Gasteiger partial charge is 0.143 e. The Kier molecular flexibility index (Phi) is 2.94. The Bertz CT molecular complexity index is 285. The highest BCUT2D eigenvalue weighted by Gasteiger charge is 2.15. The molecule has 2 heterocycles. The first-order valence-electron chi connectivity index (χ1n) is 4.29. The van der Waals surface area contributed by atoms with Crippen molar-refractivity contribution in [1.29, 1.82) is 0 Å². The highest BCUT2D eigenvalue weighted by atomic mass is 127. The van der Waals surface area contributed by atoms with E-state index in [1.54, 1.807) is 6.33 Å². The summed E-state index contributed by atoms with van der Waals surface area (Å²) in [7, 11) is 0. The number of rotatable bonds is 2. The Labute approximate surface area is 90.7 Å². The van der Waals surface area contributed by atoms with Gasteiger partial charge in [-0.15, -0.1) is 0 Å². The third kappa shape index (κ3) is 2.28. The number of anilines is 1. The third-order valence-electron chi connectivity index (χ3n) is 2.07. The minimum absolute atomic E-state index is 0.517. The SMILES string of the molecule is Ic1cncnc1NC1CCNC1. The van der Waals surface area contributed by atoms with E-state index < -0.39 is 0 Å². The van der Waals surface area contributed by atoms with E-state index in [4.69, 9.17) is 0 Å². The third-order valence-corrected chi connectivity index (χ3v) is 2.86. The Morgan fingerprint density at radius 1 is 1.62 bits per heavy atom. The summed E-state index contributed by atoms with van der Waals surface area (Å²) in [5.74, 6) is 0.948. The molecule has 1 saturated heterocycles. The van der Waals surface area contributed by atoms with Crippen molar-refractivity contribution < 1.29 is 0 Å². The van der Waals surface area contributed by atoms with Gasteiger partial charge in [0.2, 0.25) is 0 Å². The predicted molar refractivity (Wildman–Crippen MR) is 59.6 cm³/mol. The first-order valence-corrected chi connectivity index (χ1v) is 5.37. The van der Waals surface area contributed by atoms with Gasteiger partial charge in [-0.3, -0.25) is 0 Å². The molecule has 0 bridgehead atoms. The zero-order chi connectivity index (χ0) is 9.10. The molecule has 70 valence electrons. The maximum Gasteiger partial charge on any atom is 0.143 e. The van der Waals surface area contributed by atoms with Gasteiger partial charge >= 0.3 is 0 Å². The van der Waals surface area contributed by atoms with E-state index >= 15 is 0 Å². The summed E-state index contributed by atoms with van der Waals surface area (Å²) in [5, 5.41) is 6.69. The molecule has 1 aromatic heterocycles. The normalized spacial score (nSPS) is 21.8. The summed E-state index contributed by atoms with van der Waals surface area (Å²) in [6, 6.07) is 0.517. The van der Waals surface area contributed by atoms with Crippen molar-refractivity contribution >= 4 is 28.4 Å². The fourth-order valence-corrected chi connectivity index (χ4v) is 1.85. The van der Waals surface area contributed by atoms with Crippen molar-refractivity contribution in [2.45, 2.75) is 12.5 Å². The standard InChI is InChI=1S/C8H11IN4/c9-7-4-11-5-12-8(7)13-6-1-2-10-3-6/h4-6,10H,1-3H2,(H,11,12,13). The zero-order valence-corrected chi connectivity index (χ0v) is 9.28. The molecule has 2 rings (SSSR count). The van der Waals surface area contributed by atoms with Crippen molar-refractivity contribution in [2.75, 3.05) is 18.4 Å². The minimum atomic E-state index is 0.517. The average molecular weight is 290 g/mol. The molecule has 0 amide bonds. The van der Waals surface area contributed by atoms with Crippen LogP contribution in [-0.2, 0) is 0 Å². The van der Waals surface area contributed by atoms with Gasteiger partial charge in [0.25, 0.3) is 0 Å². The molecule has 1 atom stereocenters. The minimum Gasteiger partial charge on any atom is -0.365 e. The number of hydrogen-bond acceptors (Lipinski definition) is 4. The van der Waals surface area contributed by atoms with Crippen molar-refractivity contribution in [2.24, 2.45) is 0 Å². The molecule has 13 heavy (non-hydrogen) atoms. The van der Waals surface area contributed by atoms with Gasteiger partial charge in [-0.25, -0.2) is 9.97 Å². The van der Waals surface area contributed by atoms with Crippen molar-refractivity contribution in [3.63, 3.8) is 0 Å². The quantitative estimate of drug-likeness (QED) is 0.793. The van der Waals surface area contributed by atoms with E-state index in [1.165, 1.54) is 6.42 Å². The van der Waals surface area contributed by atoms with Crippen LogP contribution >= 0.6 is 22.6 Å². The Hall–Kier alpha value is -0.430. The highest BCUT2D eigenvalue weighted by molar-refractivity contribution is 14.1. The molecule has 2 N–H and O–H groups in total. The molecule has 5 heteroatoms. The molecule has 1 unspecified atom stereocenters. The lowest BCUT2D eigenvalue weighted by Gasteiger charge is -2.12. The largest absolute Gasteiger partial charge is 0.365 e. The van der Waals surface area contributed by atoms with E-state index in [9.17, 15) is 0 Å². The molecule has 1 fully saturated rings. The summed E-state index contributed by atoms with van der Waals surface area (Å²) < 4.78 is 1.08. The Balaban J connectivity index is 2.04. The number of nitrogens with one attached hydrogen (secondary N) is 2. The molecule has 0 radical (unpaired) electrons. The van der Waals surface area contributed by atoms with Crippen molar-refractivity contribution in [1.82, 2.24) is 15.3 Å². The van der Waals surface area contributed by atoms with Crippen LogP contribution in [0.15, 0.2) is 12.5 Å². The number of nitrogens with zero attached hydrogens (tertiary/aromatic N) is 2. The average Bonchev–Trinajstić information content (AvgIpc) is 2.61. The molecular weight excluding hydrogens is 279 g/mol. The van der Waals surface area contributed by atoms with Crippen LogP contribution < -0.4 is 10.6 Å². The maximum atomic E-state index is 4.18. The summed E-state index contributed by atoms with van der Waals surface area (Å²) in [6.07, 6.45) is 4.56. The van der Waals surface area contributed by atoms with E-state index in [1.807, 2.05) is 6.20 Å². The molecule has 4 nitrogen and oxygen atoms in total. The molecule has 1 aliphatic rings. The number of hydrogen-bond donors (Lipinski definition) is 2. The first kappa shape index (κ1) is 9.14. The molecule has 1 aromatic rings. The van der Waals surface area contributed by atoms with Crippen LogP contribution in [0, 0.1) is 3.57 Å². The van der Waals surface area contributed by atoms with Crippen molar-refractivity contribution in [3.05, 3.63) is 16.1 Å².